The van der Waals surface area contributed by atoms with E-state index >= 15 is 0 Å². The van der Waals surface area contributed by atoms with Crippen molar-refractivity contribution in [2.24, 2.45) is 0 Å². The maximum atomic E-state index is 14.1. The van der Waals surface area contributed by atoms with E-state index in [-0.39, 0.29) is 11.3 Å². The number of carboxylic acids is 1. The van der Waals surface area contributed by atoms with Crippen molar-refractivity contribution in [3.05, 3.63) is 95.2 Å². The largest absolute Gasteiger partial charge is 0.497 e. The number of imide groups is 1. The van der Waals surface area contributed by atoms with Crippen molar-refractivity contribution < 1.29 is 29.0 Å². The Morgan fingerprint density at radius 3 is 2.62 bits per heavy atom. The predicted molar refractivity (Wildman–Crippen MR) is 142 cm³/mol. The number of nitrogens with one attached hydrogen (secondary N) is 2. The van der Waals surface area contributed by atoms with Gasteiger partial charge in [-0.1, -0.05) is 42.5 Å². The zero-order valence-electron chi connectivity index (χ0n) is 20.9. The quantitative estimate of drug-likeness (QED) is 0.331. The molecule has 4 aromatic rings. The summed E-state index contributed by atoms with van der Waals surface area (Å²) in [7, 11) is 1.57. The number of methoxy groups -OCH3 is 1. The van der Waals surface area contributed by atoms with Crippen molar-refractivity contribution in [3.8, 4) is 5.75 Å². The Bertz CT molecular complexity index is 1660. The highest BCUT2D eigenvalue weighted by atomic mass is 16.5. The predicted octanol–water partition coefficient (Wildman–Crippen LogP) is 3.47. The van der Waals surface area contributed by atoms with E-state index in [1.807, 2.05) is 48.5 Å². The zero-order chi connectivity index (χ0) is 27.3. The van der Waals surface area contributed by atoms with Gasteiger partial charge in [-0.3, -0.25) is 19.3 Å². The number of carbonyl (C=O) groups is 4. The van der Waals surface area contributed by atoms with Crippen LogP contribution in [0.2, 0.25) is 0 Å². The molecule has 10 nitrogen and oxygen atoms in total. The number of hydrogen-bond donors (Lipinski definition) is 3. The van der Waals surface area contributed by atoms with Gasteiger partial charge in [-0.05, 0) is 41.5 Å². The number of ether oxygens (including phenoxy) is 1. The number of hydrogen-bond acceptors (Lipinski definition) is 5. The number of carboxylic acid groups (broad SMARTS) is 1. The van der Waals surface area contributed by atoms with Crippen LogP contribution in [0.25, 0.3) is 10.9 Å². The Labute approximate surface area is 222 Å². The number of aromatic nitrogens is 1. The van der Waals surface area contributed by atoms with Gasteiger partial charge in [0.1, 0.15) is 24.4 Å². The van der Waals surface area contributed by atoms with E-state index in [9.17, 15) is 19.2 Å². The molecule has 0 bridgehead atoms. The topological polar surface area (TPSA) is 132 Å². The Balaban J connectivity index is 1.48. The lowest BCUT2D eigenvalue weighted by atomic mass is 9.89. The highest BCUT2D eigenvalue weighted by molar-refractivity contribution is 6.24. The van der Waals surface area contributed by atoms with E-state index in [4.69, 9.17) is 9.84 Å². The van der Waals surface area contributed by atoms with Crippen LogP contribution < -0.4 is 15.0 Å². The number of para-hydroxylation sites is 2. The van der Waals surface area contributed by atoms with Gasteiger partial charge < -0.3 is 20.1 Å². The molecular formula is C29H24N4O6. The zero-order valence-corrected chi connectivity index (χ0v) is 20.9. The molecule has 39 heavy (non-hydrogen) atoms. The number of H-pyrrole nitrogens is 1. The fourth-order valence-corrected chi connectivity index (χ4v) is 5.57. The molecule has 2 aliphatic heterocycles. The number of benzene rings is 3. The molecule has 10 heteroatoms. The lowest BCUT2D eigenvalue weighted by Gasteiger charge is -2.36. The van der Waals surface area contributed by atoms with Crippen molar-refractivity contribution in [1.29, 1.82) is 0 Å². The first-order chi connectivity index (χ1) is 18.9. The minimum absolute atomic E-state index is 0.0298. The summed E-state index contributed by atoms with van der Waals surface area (Å²) in [6, 6.07) is 19.4. The normalized spacial score (nSPS) is 18.2. The Kier molecular flexibility index (Phi) is 5.79. The molecule has 0 aliphatic carbocycles. The summed E-state index contributed by atoms with van der Waals surface area (Å²) in [5.41, 5.74) is 3.58. The fourth-order valence-electron chi connectivity index (χ4n) is 5.57. The van der Waals surface area contributed by atoms with E-state index in [1.54, 1.807) is 24.1 Å². The second kappa shape index (κ2) is 9.32. The second-order valence-corrected chi connectivity index (χ2v) is 9.42. The molecule has 1 saturated heterocycles. The van der Waals surface area contributed by atoms with E-state index in [0.29, 0.717) is 12.2 Å². The summed E-state index contributed by atoms with van der Waals surface area (Å²) in [6.45, 7) is -0.594. The number of anilines is 1. The third kappa shape index (κ3) is 3.88. The van der Waals surface area contributed by atoms with Gasteiger partial charge in [0.15, 0.2) is 0 Å². The molecule has 3 aromatic carbocycles. The molecular weight excluding hydrogens is 500 g/mol. The van der Waals surface area contributed by atoms with Gasteiger partial charge in [0.05, 0.1) is 18.4 Å². The van der Waals surface area contributed by atoms with E-state index < -0.39 is 42.4 Å². The molecule has 196 valence electrons. The molecule has 6 rings (SSSR count). The summed E-state index contributed by atoms with van der Waals surface area (Å²) < 4.78 is 5.45. The van der Waals surface area contributed by atoms with Crippen LogP contribution in [0, 0.1) is 0 Å². The van der Waals surface area contributed by atoms with E-state index in [0.717, 1.165) is 32.6 Å². The van der Waals surface area contributed by atoms with Crippen LogP contribution in [0.15, 0.2) is 72.8 Å². The van der Waals surface area contributed by atoms with Crippen LogP contribution in [-0.4, -0.2) is 58.5 Å². The number of amides is 4. The van der Waals surface area contributed by atoms with Crippen LogP contribution in [0.4, 0.5) is 10.5 Å². The van der Waals surface area contributed by atoms with Gasteiger partial charge in [-0.25, -0.2) is 9.69 Å². The smallest absolute Gasteiger partial charge is 0.332 e. The van der Waals surface area contributed by atoms with Crippen molar-refractivity contribution in [2.75, 3.05) is 18.6 Å². The minimum Gasteiger partial charge on any atom is -0.497 e. The number of fused-ring (bicyclic) bond motifs is 4. The molecule has 0 radical (unpaired) electrons. The highest BCUT2D eigenvalue weighted by Gasteiger charge is 2.53. The van der Waals surface area contributed by atoms with Crippen molar-refractivity contribution >= 4 is 40.4 Å². The lowest BCUT2D eigenvalue weighted by Crippen LogP contribution is -2.44. The first-order valence-electron chi connectivity index (χ1n) is 12.4. The molecule has 1 fully saturated rings. The third-order valence-electron chi connectivity index (χ3n) is 7.25. The number of aromatic amines is 1. The molecule has 1 unspecified atom stereocenters. The third-order valence-corrected chi connectivity index (χ3v) is 7.25. The van der Waals surface area contributed by atoms with Crippen LogP contribution >= 0.6 is 0 Å². The maximum Gasteiger partial charge on any atom is 0.332 e. The monoisotopic (exact) mass is 524 g/mol. The molecule has 2 aliphatic rings. The molecule has 0 spiro atoms. The van der Waals surface area contributed by atoms with Crippen LogP contribution in [0.1, 0.15) is 33.2 Å². The summed E-state index contributed by atoms with van der Waals surface area (Å²) >= 11 is 0. The molecule has 3 N–H and O–H groups in total. The Morgan fingerprint density at radius 1 is 1.05 bits per heavy atom. The number of nitrogens with zero attached hydrogens (tertiary/aromatic N) is 2. The van der Waals surface area contributed by atoms with Gasteiger partial charge >= 0.3 is 12.0 Å². The first kappa shape index (κ1) is 24.2. The van der Waals surface area contributed by atoms with Crippen LogP contribution in [0.5, 0.6) is 5.75 Å². The summed E-state index contributed by atoms with van der Waals surface area (Å²) in [4.78, 5) is 58.0. The molecule has 0 saturated carbocycles. The molecule has 1 aromatic heterocycles. The standard InChI is InChI=1S/C29H24N4O6/c1-39-17-8-6-7-16(13-17)26-25-20(18-9-2-4-11-21(18)31-25)14-23-28(37)33(29(38)32(23)26)22-12-5-3-10-19(22)27(36)30-15-24(34)35/h2-13,23,26,31H,14-15H2,1H3,(H,30,36)(H,34,35)/t23-,26?/m0/s1. The molecule has 3 heterocycles. The molecule has 2 atom stereocenters. The van der Waals surface area contributed by atoms with Gasteiger partial charge in [0.25, 0.3) is 11.8 Å². The van der Waals surface area contributed by atoms with Crippen LogP contribution in [0.3, 0.4) is 0 Å². The van der Waals surface area contributed by atoms with Crippen molar-refractivity contribution in [3.63, 3.8) is 0 Å². The maximum absolute atomic E-state index is 14.1. The summed E-state index contributed by atoms with van der Waals surface area (Å²) in [5, 5.41) is 12.3. The van der Waals surface area contributed by atoms with Crippen molar-refractivity contribution in [1.82, 2.24) is 15.2 Å². The van der Waals surface area contributed by atoms with Gasteiger partial charge in [-0.15, -0.1) is 0 Å². The number of urea groups is 1. The fraction of sp³-hybridized carbons (Fsp3) is 0.172. The number of aliphatic carboxylic acids is 1. The second-order valence-electron chi connectivity index (χ2n) is 9.42. The van der Waals surface area contributed by atoms with Gasteiger partial charge in [0.2, 0.25) is 0 Å². The van der Waals surface area contributed by atoms with Crippen molar-refractivity contribution in [2.45, 2.75) is 18.5 Å². The average molecular weight is 525 g/mol. The summed E-state index contributed by atoms with van der Waals surface area (Å²) in [5.74, 6) is -1.75. The first-order valence-corrected chi connectivity index (χ1v) is 12.4. The average Bonchev–Trinajstić information content (AvgIpc) is 3.44. The van der Waals surface area contributed by atoms with Crippen LogP contribution in [-0.2, 0) is 16.0 Å². The minimum atomic E-state index is -1.21. The van der Waals surface area contributed by atoms with Gasteiger partial charge in [0, 0.05) is 23.0 Å². The Hall–Kier alpha value is -5.12. The molecule has 4 amide bonds. The number of rotatable bonds is 6. The highest BCUT2D eigenvalue weighted by Crippen LogP contribution is 2.45. The van der Waals surface area contributed by atoms with Gasteiger partial charge in [-0.2, -0.15) is 0 Å². The summed E-state index contributed by atoms with van der Waals surface area (Å²) in [6.07, 6.45) is 0.300. The lowest BCUT2D eigenvalue weighted by molar-refractivity contribution is -0.135. The van der Waals surface area contributed by atoms with E-state index in [1.165, 1.54) is 12.1 Å². The number of carbonyl (C=O) groups excluding carboxylic acids is 3. The Morgan fingerprint density at radius 2 is 1.82 bits per heavy atom. The van der Waals surface area contributed by atoms with E-state index in [2.05, 4.69) is 10.3 Å². The SMILES string of the molecule is COc1cccc(C2c3[nH]c4ccccc4c3C[C@H]3C(=O)N(c4ccccc4C(=O)NCC(=O)O)C(=O)N23)c1.